The van der Waals surface area contributed by atoms with E-state index in [0.29, 0.717) is 0 Å². The fourth-order valence-electron chi connectivity index (χ4n) is 7.18. The van der Waals surface area contributed by atoms with Crippen LogP contribution in [0.1, 0.15) is 39.0 Å². The molecule has 4 saturated heterocycles. The lowest BCUT2D eigenvalue weighted by atomic mass is 9.59. The third-order valence-electron chi connectivity index (χ3n) is 8.52. The van der Waals surface area contributed by atoms with Crippen LogP contribution in [0.5, 0.6) is 0 Å². The van der Waals surface area contributed by atoms with E-state index in [-0.39, 0.29) is 42.9 Å². The van der Waals surface area contributed by atoms with Crippen molar-refractivity contribution < 1.29 is 34.1 Å². The van der Waals surface area contributed by atoms with E-state index < -0.39 is 46.9 Å². The lowest BCUT2D eigenvalue weighted by Crippen LogP contribution is -2.60. The first-order valence-corrected chi connectivity index (χ1v) is 10.5. The Morgan fingerprint density at radius 1 is 1.11 bits per heavy atom. The first kappa shape index (κ1) is 17.4. The molecule has 2 unspecified atom stereocenters. The third kappa shape index (κ3) is 1.73. The van der Waals surface area contributed by atoms with Crippen LogP contribution in [0, 0.1) is 29.6 Å². The molecule has 6 fully saturated rings. The number of hydrogen-bond donors (Lipinski definition) is 2. The zero-order chi connectivity index (χ0) is 19.6. The number of aliphatic hydroxyl groups is 2. The van der Waals surface area contributed by atoms with Crippen LogP contribution in [0.2, 0.25) is 0 Å². The number of amides is 1. The van der Waals surface area contributed by atoms with Crippen molar-refractivity contribution in [1.29, 1.82) is 0 Å². The molecule has 2 saturated carbocycles. The highest BCUT2D eigenvalue weighted by molar-refractivity contribution is 6.14. The van der Waals surface area contributed by atoms with E-state index in [9.17, 15) is 24.6 Å². The number of carbonyl (C=O) groups is 3. The van der Waals surface area contributed by atoms with Gasteiger partial charge in [0.05, 0.1) is 12.2 Å². The Labute approximate surface area is 162 Å². The summed E-state index contributed by atoms with van der Waals surface area (Å²) in [6.07, 6.45) is 2.86. The van der Waals surface area contributed by atoms with E-state index in [4.69, 9.17) is 9.47 Å². The average molecular weight is 391 g/mol. The molecule has 2 N–H and O–H groups in total. The van der Waals surface area contributed by atoms with Crippen molar-refractivity contribution in [3.05, 3.63) is 0 Å². The highest BCUT2D eigenvalue weighted by atomic mass is 16.6. The minimum Gasteiger partial charge on any atom is -0.453 e. The fraction of sp³-hybridized carbons (Fsp3) is 0.850. The molecular weight excluding hydrogens is 366 g/mol. The van der Waals surface area contributed by atoms with Crippen molar-refractivity contribution in [3.63, 3.8) is 0 Å². The lowest BCUT2D eigenvalue weighted by molar-refractivity contribution is -0.174. The summed E-state index contributed by atoms with van der Waals surface area (Å²) >= 11 is 0. The molecular formula is C20H25NO7. The Morgan fingerprint density at radius 3 is 2.57 bits per heavy atom. The summed E-state index contributed by atoms with van der Waals surface area (Å²) in [5.41, 5.74) is -4.43. The summed E-state index contributed by atoms with van der Waals surface area (Å²) in [6, 6.07) is 0. The van der Waals surface area contributed by atoms with Gasteiger partial charge in [0.2, 0.25) is 5.60 Å². The first-order chi connectivity index (χ1) is 13.3. The van der Waals surface area contributed by atoms with Crippen LogP contribution < -0.4 is 0 Å². The zero-order valence-electron chi connectivity index (χ0n) is 15.7. The number of ether oxygens (including phenoxy) is 2. The fourth-order valence-corrected chi connectivity index (χ4v) is 7.18. The maximum Gasteiger partial charge on any atom is 0.314 e. The second kappa shape index (κ2) is 5.15. The predicted octanol–water partition coefficient (Wildman–Crippen LogP) is -0.398. The van der Waals surface area contributed by atoms with Gasteiger partial charge in [0.25, 0.3) is 5.91 Å². The first-order valence-electron chi connectivity index (χ1n) is 10.5. The zero-order valence-corrected chi connectivity index (χ0v) is 15.7. The van der Waals surface area contributed by atoms with Crippen LogP contribution in [0.3, 0.4) is 0 Å². The number of fused-ring (bicyclic) bond motifs is 3. The maximum atomic E-state index is 13.8. The quantitative estimate of drug-likeness (QED) is 0.374. The van der Waals surface area contributed by atoms with Gasteiger partial charge >= 0.3 is 5.97 Å². The van der Waals surface area contributed by atoms with Gasteiger partial charge in [-0.25, -0.2) is 0 Å². The van der Waals surface area contributed by atoms with Gasteiger partial charge in [0.15, 0.2) is 17.6 Å². The SMILES string of the molecule is C[C@@H]1C(C(=O)[C@@]2(O)C(=O)N3CC[C@H]4C(=O)O[C@@H]2[C@]43O)[C@H]2CCCC[C@@H]2C2O[C@H]21. The molecule has 0 bridgehead atoms. The molecule has 28 heavy (non-hydrogen) atoms. The standard InChI is InChI=1S/C20H25NO7/c1-8-12(9-4-2-3-5-10(9)14-13(8)27-14)15(22)19(25)17-20(26)11(16(23)28-17)6-7-21(20)18(19)24/h8-14,17,25-26H,2-7H2,1H3/t8-,9+,10+,11+,12?,13+,14?,17+,19+,20-/m1/s1. The summed E-state index contributed by atoms with van der Waals surface area (Å²) in [7, 11) is 0. The van der Waals surface area contributed by atoms with Crippen LogP contribution in [0.25, 0.3) is 0 Å². The van der Waals surface area contributed by atoms with E-state index in [1.54, 1.807) is 0 Å². The average Bonchev–Trinajstić information content (AvgIpc) is 3.31. The van der Waals surface area contributed by atoms with Crippen LogP contribution in [0.15, 0.2) is 0 Å². The largest absolute Gasteiger partial charge is 0.453 e. The van der Waals surface area contributed by atoms with E-state index in [0.717, 1.165) is 30.6 Å². The number of rotatable bonds is 2. The molecule has 0 radical (unpaired) electrons. The second-order valence-electron chi connectivity index (χ2n) is 9.59. The molecule has 1 amide bonds. The number of ketones is 1. The molecule has 4 heterocycles. The number of esters is 1. The molecule has 8 heteroatoms. The normalized spacial score (nSPS) is 56.2. The van der Waals surface area contributed by atoms with Gasteiger partial charge in [0.1, 0.15) is 5.92 Å². The van der Waals surface area contributed by atoms with Crippen molar-refractivity contribution >= 4 is 17.7 Å². The van der Waals surface area contributed by atoms with Crippen molar-refractivity contribution in [1.82, 2.24) is 4.90 Å². The molecule has 6 rings (SSSR count). The highest BCUT2D eigenvalue weighted by Gasteiger charge is 2.81. The Bertz CT molecular complexity index is 799. The number of Topliss-reactive ketones (excluding diaryl/α,β-unsaturated/α-hetero) is 1. The summed E-state index contributed by atoms with van der Waals surface area (Å²) < 4.78 is 11.1. The van der Waals surface area contributed by atoms with Gasteiger partial charge in [0, 0.05) is 12.5 Å². The van der Waals surface area contributed by atoms with E-state index in [1.165, 1.54) is 0 Å². The van der Waals surface area contributed by atoms with E-state index in [1.807, 2.05) is 6.92 Å². The Morgan fingerprint density at radius 2 is 1.82 bits per heavy atom. The van der Waals surface area contributed by atoms with E-state index >= 15 is 0 Å². The second-order valence-corrected chi connectivity index (χ2v) is 9.59. The summed E-state index contributed by atoms with van der Waals surface area (Å²) in [5, 5.41) is 22.6. The van der Waals surface area contributed by atoms with Crippen molar-refractivity contribution in [2.24, 2.45) is 29.6 Å². The minimum absolute atomic E-state index is 0.0184. The molecule has 6 aliphatic rings. The number of carbonyl (C=O) groups excluding carboxylic acids is 3. The van der Waals surface area contributed by atoms with Crippen LogP contribution in [0.4, 0.5) is 0 Å². The predicted molar refractivity (Wildman–Crippen MR) is 91.4 cm³/mol. The van der Waals surface area contributed by atoms with Crippen molar-refractivity contribution in [2.75, 3.05) is 6.54 Å². The van der Waals surface area contributed by atoms with Crippen molar-refractivity contribution in [2.45, 2.75) is 68.7 Å². The number of epoxide rings is 1. The Balaban J connectivity index is 1.41. The highest BCUT2D eigenvalue weighted by Crippen LogP contribution is 2.58. The summed E-state index contributed by atoms with van der Waals surface area (Å²) in [4.78, 5) is 40.2. The molecule has 10 atom stereocenters. The van der Waals surface area contributed by atoms with Crippen LogP contribution in [-0.4, -0.2) is 69.0 Å². The third-order valence-corrected chi connectivity index (χ3v) is 8.52. The number of nitrogens with zero attached hydrogens (tertiary/aromatic N) is 1. The van der Waals surface area contributed by atoms with Gasteiger partial charge < -0.3 is 24.6 Å². The molecule has 0 aromatic carbocycles. The van der Waals surface area contributed by atoms with Gasteiger partial charge in [-0.15, -0.1) is 0 Å². The van der Waals surface area contributed by atoms with Gasteiger partial charge in [-0.2, -0.15) is 0 Å². The summed E-state index contributed by atoms with van der Waals surface area (Å²) in [6.45, 7) is 2.08. The van der Waals surface area contributed by atoms with Crippen LogP contribution in [-0.2, 0) is 23.9 Å². The molecule has 0 aromatic heterocycles. The van der Waals surface area contributed by atoms with Gasteiger partial charge in [-0.1, -0.05) is 19.8 Å². The Kier molecular flexibility index (Phi) is 3.19. The lowest BCUT2D eigenvalue weighted by Gasteiger charge is -2.43. The van der Waals surface area contributed by atoms with E-state index in [2.05, 4.69) is 0 Å². The molecule has 152 valence electrons. The van der Waals surface area contributed by atoms with Crippen molar-refractivity contribution in [3.8, 4) is 0 Å². The number of hydrogen-bond acceptors (Lipinski definition) is 7. The molecule has 0 spiro atoms. The monoisotopic (exact) mass is 391 g/mol. The van der Waals surface area contributed by atoms with Gasteiger partial charge in [-0.3, -0.25) is 14.4 Å². The molecule has 2 aliphatic carbocycles. The maximum absolute atomic E-state index is 13.8. The summed E-state index contributed by atoms with van der Waals surface area (Å²) in [5.74, 6) is -3.30. The molecule has 4 aliphatic heterocycles. The molecule has 8 nitrogen and oxygen atoms in total. The van der Waals surface area contributed by atoms with Crippen LogP contribution >= 0.6 is 0 Å². The topological polar surface area (TPSA) is 117 Å². The minimum atomic E-state index is -2.51. The smallest absolute Gasteiger partial charge is 0.314 e. The molecule has 0 aromatic rings. The van der Waals surface area contributed by atoms with Gasteiger partial charge in [-0.05, 0) is 37.0 Å². The Hall–Kier alpha value is -1.51.